The van der Waals surface area contributed by atoms with Crippen molar-refractivity contribution < 1.29 is 24.6 Å². The van der Waals surface area contributed by atoms with Gasteiger partial charge < -0.3 is 15.5 Å². The quantitative estimate of drug-likeness (QED) is 0.208. The van der Waals surface area contributed by atoms with Crippen LogP contribution in [0, 0.1) is 50.2 Å². The molecule has 0 unspecified atom stereocenters. The number of nitrogens with one attached hydrogen (secondary N) is 1. The van der Waals surface area contributed by atoms with Crippen molar-refractivity contribution in [1.29, 1.82) is 0 Å². The number of carbonyl (C=O) groups is 3. The zero-order valence-electron chi connectivity index (χ0n) is 27.4. The highest BCUT2D eigenvalue weighted by Crippen LogP contribution is 2.75. The lowest BCUT2D eigenvalue weighted by Crippen LogP contribution is -2.66. The fourth-order valence-electron chi connectivity index (χ4n) is 11.7. The van der Waals surface area contributed by atoms with Gasteiger partial charge in [-0.2, -0.15) is 0 Å². The van der Waals surface area contributed by atoms with Crippen LogP contribution in [0.5, 0.6) is 0 Å². The Balaban J connectivity index is 1.39. The van der Waals surface area contributed by atoms with Crippen LogP contribution >= 0.6 is 0 Å². The van der Waals surface area contributed by atoms with E-state index in [0.29, 0.717) is 31.1 Å². The van der Waals surface area contributed by atoms with Crippen LogP contribution in [0.1, 0.15) is 138 Å². The second-order valence-electron chi connectivity index (χ2n) is 17.3. The summed E-state index contributed by atoms with van der Waals surface area (Å²) in [5.74, 6) is -0.138. The van der Waals surface area contributed by atoms with Gasteiger partial charge >= 0.3 is 11.9 Å². The maximum atomic E-state index is 12.9. The van der Waals surface area contributed by atoms with Crippen molar-refractivity contribution in [1.82, 2.24) is 5.32 Å². The van der Waals surface area contributed by atoms with Gasteiger partial charge in [-0.15, -0.1) is 0 Å². The normalized spacial score (nSPS) is 43.5. The van der Waals surface area contributed by atoms with Crippen molar-refractivity contribution >= 4 is 17.8 Å². The number of aliphatic carboxylic acids is 2. The summed E-state index contributed by atoms with van der Waals surface area (Å²) >= 11 is 0. The number of carbonyl (C=O) groups excluding carboxylic acids is 1. The smallest absolute Gasteiger partial charge is 0.310 e. The highest BCUT2D eigenvalue weighted by atomic mass is 16.4. The minimum Gasteiger partial charge on any atom is -0.481 e. The summed E-state index contributed by atoms with van der Waals surface area (Å²) < 4.78 is 0. The highest BCUT2D eigenvalue weighted by molar-refractivity contribution is 5.77. The van der Waals surface area contributed by atoms with Gasteiger partial charge in [0.1, 0.15) is 0 Å². The molecule has 1 amide bonds. The van der Waals surface area contributed by atoms with Crippen molar-refractivity contribution in [3.63, 3.8) is 0 Å². The molecule has 0 heterocycles. The van der Waals surface area contributed by atoms with Gasteiger partial charge in [-0.3, -0.25) is 14.4 Å². The number of carboxylic acids is 2. The predicted octanol–water partition coefficient (Wildman–Crippen LogP) is 8.00. The molecule has 5 rings (SSSR count). The van der Waals surface area contributed by atoms with E-state index in [-0.39, 0.29) is 51.4 Å². The minimum absolute atomic E-state index is 0.0199. The molecule has 42 heavy (non-hydrogen) atoms. The standard InChI is InChI=1S/C36H57NO5/c1-31(2)18-20-36(30(41)42)21-19-34(6)23(24(36)22-31)12-13-26-33(5)16-15-27(37-28(38)10-8-9-11-29(39)40)32(3,4)25(33)14-17-35(26,34)7/h12,24-27H,8-11,13-22H2,1-7H3,(H,37,38)(H,39,40)(H,41,42)/t24-,25-,26+,27+,33-,34+,35+,36-/m0/s1. The van der Waals surface area contributed by atoms with Crippen LogP contribution in [0.25, 0.3) is 0 Å². The Labute approximate surface area is 253 Å². The number of amides is 1. The van der Waals surface area contributed by atoms with Crippen LogP contribution < -0.4 is 5.32 Å². The SMILES string of the molecule is CC1(C)CC[C@]2(C(=O)O)CC[C@]3(C)C(=CC[C@@H]4[C@@]5(C)CC[C@@H](NC(=O)CCCCC(=O)O)C(C)(C)[C@@H]5CC[C@]43C)[C@@H]2C1. The molecule has 0 aromatic heterocycles. The van der Waals surface area contributed by atoms with Crippen LogP contribution in [0.4, 0.5) is 0 Å². The molecule has 5 aliphatic rings. The minimum atomic E-state index is -0.803. The van der Waals surface area contributed by atoms with Gasteiger partial charge in [0.05, 0.1) is 5.41 Å². The maximum Gasteiger partial charge on any atom is 0.310 e. The molecule has 0 radical (unpaired) electrons. The van der Waals surface area contributed by atoms with E-state index in [1.54, 1.807) is 0 Å². The Morgan fingerprint density at radius 3 is 2.17 bits per heavy atom. The van der Waals surface area contributed by atoms with E-state index < -0.39 is 17.4 Å². The van der Waals surface area contributed by atoms with E-state index in [1.165, 1.54) is 5.57 Å². The molecular weight excluding hydrogens is 526 g/mol. The average molecular weight is 584 g/mol. The number of rotatable bonds is 7. The summed E-state index contributed by atoms with van der Waals surface area (Å²) in [5, 5.41) is 22.9. The van der Waals surface area contributed by atoms with Gasteiger partial charge in [-0.05, 0) is 122 Å². The summed E-state index contributed by atoms with van der Waals surface area (Å²) in [5.41, 5.74) is 1.33. The Hall–Kier alpha value is -1.85. The number of hydrogen-bond donors (Lipinski definition) is 3. The van der Waals surface area contributed by atoms with E-state index in [4.69, 9.17) is 5.11 Å². The molecule has 236 valence electrons. The molecule has 6 nitrogen and oxygen atoms in total. The summed E-state index contributed by atoms with van der Waals surface area (Å²) in [6.07, 6.45) is 14.2. The first kappa shape index (κ1) is 31.6. The van der Waals surface area contributed by atoms with E-state index in [0.717, 1.165) is 64.2 Å². The van der Waals surface area contributed by atoms with Crippen molar-refractivity contribution in [3.8, 4) is 0 Å². The molecule has 6 heteroatoms. The molecule has 5 aliphatic carbocycles. The summed E-state index contributed by atoms with van der Waals surface area (Å²) in [7, 11) is 0. The molecule has 4 fully saturated rings. The largest absolute Gasteiger partial charge is 0.481 e. The molecule has 4 saturated carbocycles. The van der Waals surface area contributed by atoms with Gasteiger partial charge in [-0.25, -0.2) is 0 Å². The molecule has 0 saturated heterocycles. The van der Waals surface area contributed by atoms with Gasteiger partial charge in [-0.1, -0.05) is 60.1 Å². The number of unbranched alkanes of at least 4 members (excludes halogenated alkanes) is 1. The Bertz CT molecular complexity index is 1160. The van der Waals surface area contributed by atoms with Gasteiger partial charge in [0.25, 0.3) is 0 Å². The lowest BCUT2D eigenvalue weighted by molar-refractivity contribution is -0.192. The fourth-order valence-corrected chi connectivity index (χ4v) is 11.7. The lowest BCUT2D eigenvalue weighted by Gasteiger charge is -2.71. The number of hydrogen-bond acceptors (Lipinski definition) is 3. The van der Waals surface area contributed by atoms with Crippen molar-refractivity contribution in [2.75, 3.05) is 0 Å². The molecule has 0 bridgehead atoms. The molecular formula is C36H57NO5. The highest BCUT2D eigenvalue weighted by Gasteiger charge is 2.69. The van der Waals surface area contributed by atoms with Crippen LogP contribution in [0.3, 0.4) is 0 Å². The molecule has 8 atom stereocenters. The molecule has 0 aromatic carbocycles. The van der Waals surface area contributed by atoms with E-state index in [2.05, 4.69) is 59.9 Å². The van der Waals surface area contributed by atoms with Crippen molar-refractivity contribution in [3.05, 3.63) is 11.6 Å². The van der Waals surface area contributed by atoms with Gasteiger partial charge in [0, 0.05) is 18.9 Å². The zero-order valence-corrected chi connectivity index (χ0v) is 27.4. The summed E-state index contributed by atoms with van der Waals surface area (Å²) in [4.78, 5) is 36.6. The van der Waals surface area contributed by atoms with Crippen LogP contribution in [-0.2, 0) is 14.4 Å². The van der Waals surface area contributed by atoms with Crippen LogP contribution in [-0.4, -0.2) is 34.1 Å². The topological polar surface area (TPSA) is 104 Å². The van der Waals surface area contributed by atoms with Gasteiger partial charge in [0.2, 0.25) is 5.91 Å². The Morgan fingerprint density at radius 1 is 0.833 bits per heavy atom. The van der Waals surface area contributed by atoms with Crippen molar-refractivity contribution in [2.24, 2.45) is 50.2 Å². The van der Waals surface area contributed by atoms with Gasteiger partial charge in [0.15, 0.2) is 0 Å². The first-order chi connectivity index (χ1) is 19.4. The molecule has 0 aliphatic heterocycles. The number of allylic oxidation sites excluding steroid dienone is 2. The maximum absolute atomic E-state index is 12.9. The average Bonchev–Trinajstić information content (AvgIpc) is 2.88. The number of carboxylic acid groups (broad SMARTS) is 2. The lowest BCUT2D eigenvalue weighted by atomic mass is 9.33. The third-order valence-corrected chi connectivity index (χ3v) is 14.5. The fraction of sp³-hybridized carbons (Fsp3) is 0.861. The zero-order chi connectivity index (χ0) is 30.9. The van der Waals surface area contributed by atoms with Crippen LogP contribution in [0.2, 0.25) is 0 Å². The molecule has 0 aromatic rings. The second kappa shape index (κ2) is 10.4. The third kappa shape index (κ3) is 4.67. The summed E-state index contributed by atoms with van der Waals surface area (Å²) in [6, 6.07) is 0.132. The third-order valence-electron chi connectivity index (χ3n) is 14.5. The van der Waals surface area contributed by atoms with E-state index >= 15 is 0 Å². The molecule has 3 N–H and O–H groups in total. The Kier molecular flexibility index (Phi) is 7.79. The Morgan fingerprint density at radius 2 is 1.50 bits per heavy atom. The van der Waals surface area contributed by atoms with E-state index in [9.17, 15) is 19.5 Å². The van der Waals surface area contributed by atoms with Crippen LogP contribution in [0.15, 0.2) is 11.6 Å². The number of fused-ring (bicyclic) bond motifs is 7. The van der Waals surface area contributed by atoms with Crippen molar-refractivity contribution in [2.45, 2.75) is 144 Å². The van der Waals surface area contributed by atoms with E-state index in [1.807, 2.05) is 0 Å². The monoisotopic (exact) mass is 583 g/mol. The predicted molar refractivity (Wildman–Crippen MR) is 165 cm³/mol. The second-order valence-corrected chi connectivity index (χ2v) is 17.3. The first-order valence-corrected chi connectivity index (χ1v) is 16.9. The summed E-state index contributed by atoms with van der Waals surface area (Å²) in [6.45, 7) is 17.0. The molecule has 0 spiro atoms. The first-order valence-electron chi connectivity index (χ1n) is 16.9.